The number of fused-ring (bicyclic) bond motifs is 1. The lowest BCUT2D eigenvalue weighted by molar-refractivity contribution is -0.130. The lowest BCUT2D eigenvalue weighted by Crippen LogP contribution is -2.61. The number of hydrogen-bond acceptors (Lipinski definition) is 7. The SMILES string of the molecule is O=C(NC(CS(=O)(=O)Cc1ccccc1)C(=O)NC12CCCC1OCC2=O)c1ccco1. The number of amides is 2. The minimum Gasteiger partial charge on any atom is -0.459 e. The average molecular weight is 461 g/mol. The van der Waals surface area contributed by atoms with Crippen LogP contribution in [0.4, 0.5) is 0 Å². The molecule has 4 rings (SSSR count). The van der Waals surface area contributed by atoms with E-state index in [1.165, 1.54) is 18.4 Å². The minimum atomic E-state index is -3.79. The van der Waals surface area contributed by atoms with Crippen molar-refractivity contribution in [2.45, 2.75) is 42.7 Å². The summed E-state index contributed by atoms with van der Waals surface area (Å²) in [5, 5.41) is 5.17. The van der Waals surface area contributed by atoms with Gasteiger partial charge in [-0.2, -0.15) is 0 Å². The molecule has 3 unspecified atom stereocenters. The van der Waals surface area contributed by atoms with Gasteiger partial charge >= 0.3 is 0 Å². The van der Waals surface area contributed by atoms with Gasteiger partial charge in [-0.1, -0.05) is 30.3 Å². The fraction of sp³-hybridized carbons (Fsp3) is 0.409. The Hall–Kier alpha value is -2.98. The highest BCUT2D eigenvalue weighted by molar-refractivity contribution is 7.90. The highest BCUT2D eigenvalue weighted by atomic mass is 32.2. The first-order valence-electron chi connectivity index (χ1n) is 10.3. The Morgan fingerprint density at radius 3 is 2.66 bits per heavy atom. The van der Waals surface area contributed by atoms with Crippen molar-refractivity contribution < 1.29 is 32.0 Å². The monoisotopic (exact) mass is 460 g/mol. The van der Waals surface area contributed by atoms with Crippen LogP contribution in [0.2, 0.25) is 0 Å². The third-order valence-corrected chi connectivity index (χ3v) is 7.48. The second-order valence-electron chi connectivity index (χ2n) is 8.12. The number of benzene rings is 1. The summed E-state index contributed by atoms with van der Waals surface area (Å²) in [6, 6.07) is 10.1. The highest BCUT2D eigenvalue weighted by Crippen LogP contribution is 2.37. The molecule has 2 N–H and O–H groups in total. The predicted molar refractivity (Wildman–Crippen MR) is 113 cm³/mol. The summed E-state index contributed by atoms with van der Waals surface area (Å²) in [6.45, 7) is -0.0966. The van der Waals surface area contributed by atoms with Crippen molar-refractivity contribution in [1.82, 2.24) is 10.6 Å². The van der Waals surface area contributed by atoms with Gasteiger partial charge in [0.2, 0.25) is 5.91 Å². The molecule has 2 aromatic rings. The number of carbonyl (C=O) groups is 3. The molecule has 1 aliphatic heterocycles. The number of Topliss-reactive ketones (excluding diaryl/α,β-unsaturated/α-hetero) is 1. The van der Waals surface area contributed by atoms with Gasteiger partial charge in [-0.25, -0.2) is 8.42 Å². The third kappa shape index (κ3) is 4.61. The topological polar surface area (TPSA) is 132 Å². The van der Waals surface area contributed by atoms with Crippen molar-refractivity contribution in [3.63, 3.8) is 0 Å². The van der Waals surface area contributed by atoms with Crippen LogP contribution in [-0.2, 0) is 29.9 Å². The van der Waals surface area contributed by atoms with E-state index in [2.05, 4.69) is 10.6 Å². The maximum Gasteiger partial charge on any atom is 0.287 e. The van der Waals surface area contributed by atoms with Gasteiger partial charge in [-0.15, -0.1) is 0 Å². The van der Waals surface area contributed by atoms with Crippen molar-refractivity contribution in [3.05, 3.63) is 60.1 Å². The van der Waals surface area contributed by atoms with Crippen LogP contribution in [0, 0.1) is 0 Å². The zero-order chi connectivity index (χ0) is 22.8. The number of ketones is 1. The Labute approximate surface area is 185 Å². The van der Waals surface area contributed by atoms with Crippen LogP contribution in [0.3, 0.4) is 0 Å². The molecule has 2 aliphatic rings. The zero-order valence-corrected chi connectivity index (χ0v) is 18.1. The minimum absolute atomic E-state index is 0.0551. The van der Waals surface area contributed by atoms with Crippen LogP contribution >= 0.6 is 0 Å². The summed E-state index contributed by atoms with van der Waals surface area (Å²) < 4.78 is 36.3. The number of carbonyl (C=O) groups excluding carboxylic acids is 3. The van der Waals surface area contributed by atoms with Crippen LogP contribution < -0.4 is 10.6 Å². The van der Waals surface area contributed by atoms with Gasteiger partial charge in [-0.05, 0) is 37.0 Å². The first-order chi connectivity index (χ1) is 15.3. The molecule has 1 aromatic carbocycles. The summed E-state index contributed by atoms with van der Waals surface area (Å²) >= 11 is 0. The fourth-order valence-electron chi connectivity index (χ4n) is 4.30. The van der Waals surface area contributed by atoms with Gasteiger partial charge in [0.05, 0.1) is 23.9 Å². The molecule has 0 spiro atoms. The van der Waals surface area contributed by atoms with Gasteiger partial charge in [0.1, 0.15) is 18.2 Å². The summed E-state index contributed by atoms with van der Waals surface area (Å²) in [5.41, 5.74) is -0.605. The maximum absolute atomic E-state index is 13.2. The van der Waals surface area contributed by atoms with Gasteiger partial charge in [-0.3, -0.25) is 14.4 Å². The van der Waals surface area contributed by atoms with Crippen LogP contribution in [0.15, 0.2) is 53.1 Å². The van der Waals surface area contributed by atoms with E-state index in [1.807, 2.05) is 0 Å². The summed E-state index contributed by atoms with van der Waals surface area (Å²) in [4.78, 5) is 38.2. The van der Waals surface area contributed by atoms with Crippen molar-refractivity contribution >= 4 is 27.4 Å². The number of nitrogens with one attached hydrogen (secondary N) is 2. The molecule has 0 bridgehead atoms. The number of rotatable bonds is 8. The molecule has 9 nitrogen and oxygen atoms in total. The van der Waals surface area contributed by atoms with E-state index in [1.54, 1.807) is 30.3 Å². The van der Waals surface area contributed by atoms with E-state index in [-0.39, 0.29) is 23.9 Å². The summed E-state index contributed by atoms with van der Waals surface area (Å²) in [6.07, 6.45) is 2.60. The van der Waals surface area contributed by atoms with E-state index in [9.17, 15) is 22.8 Å². The van der Waals surface area contributed by atoms with E-state index >= 15 is 0 Å². The molecule has 32 heavy (non-hydrogen) atoms. The summed E-state index contributed by atoms with van der Waals surface area (Å²) in [7, 11) is -3.79. The number of sulfone groups is 1. The first-order valence-corrected chi connectivity index (χ1v) is 12.2. The molecule has 3 atom stereocenters. The van der Waals surface area contributed by atoms with Crippen LogP contribution in [-0.4, -0.2) is 56.1 Å². The Morgan fingerprint density at radius 1 is 1.16 bits per heavy atom. The van der Waals surface area contributed by atoms with Crippen LogP contribution in [0.25, 0.3) is 0 Å². The standard InChI is InChI=1S/C22H24N2O7S/c25-18-12-31-19-9-4-10-22(18,19)24-20(26)16(23-21(27)17-8-5-11-30-17)14-32(28,29)13-15-6-2-1-3-7-15/h1-3,5-8,11,16,19H,4,9-10,12-14H2,(H,23,27)(H,24,26). The van der Waals surface area contributed by atoms with Gasteiger partial charge in [0.15, 0.2) is 21.4 Å². The quantitative estimate of drug-likeness (QED) is 0.601. The van der Waals surface area contributed by atoms with E-state index in [4.69, 9.17) is 9.15 Å². The highest BCUT2D eigenvalue weighted by Gasteiger charge is 2.55. The van der Waals surface area contributed by atoms with E-state index in [0.29, 0.717) is 24.8 Å². The summed E-state index contributed by atoms with van der Waals surface area (Å²) in [5.74, 6) is -2.68. The van der Waals surface area contributed by atoms with Crippen LogP contribution in [0.5, 0.6) is 0 Å². The largest absolute Gasteiger partial charge is 0.459 e. The Balaban J connectivity index is 1.55. The molecule has 170 valence electrons. The fourth-order valence-corrected chi connectivity index (χ4v) is 5.86. The Morgan fingerprint density at radius 2 is 1.94 bits per heavy atom. The van der Waals surface area contributed by atoms with Gasteiger partial charge in [0, 0.05) is 0 Å². The van der Waals surface area contributed by atoms with Crippen molar-refractivity contribution in [3.8, 4) is 0 Å². The third-order valence-electron chi connectivity index (χ3n) is 5.86. The second kappa shape index (κ2) is 8.87. The van der Waals surface area contributed by atoms with E-state index in [0.717, 1.165) is 0 Å². The second-order valence-corrected chi connectivity index (χ2v) is 10.2. The molecule has 2 heterocycles. The average Bonchev–Trinajstić information content (AvgIpc) is 3.47. The first kappa shape index (κ1) is 22.2. The molecular weight excluding hydrogens is 436 g/mol. The van der Waals surface area contributed by atoms with Gasteiger partial charge in [0.25, 0.3) is 5.91 Å². The Kier molecular flexibility index (Phi) is 6.16. The molecule has 1 saturated carbocycles. The van der Waals surface area contributed by atoms with Crippen molar-refractivity contribution in [2.75, 3.05) is 12.4 Å². The molecule has 1 aliphatic carbocycles. The lowest BCUT2D eigenvalue weighted by Gasteiger charge is -2.29. The molecule has 1 saturated heterocycles. The molecule has 2 amide bonds. The number of ether oxygens (including phenoxy) is 1. The normalized spacial score (nSPS) is 23.5. The molecular formula is C22H24N2O7S. The Bertz CT molecular complexity index is 1100. The molecule has 10 heteroatoms. The molecule has 0 radical (unpaired) electrons. The molecule has 2 fully saturated rings. The lowest BCUT2D eigenvalue weighted by atomic mass is 9.92. The van der Waals surface area contributed by atoms with Gasteiger partial charge < -0.3 is 19.8 Å². The number of hydrogen-bond donors (Lipinski definition) is 2. The van der Waals surface area contributed by atoms with Crippen LogP contribution in [0.1, 0.15) is 35.4 Å². The maximum atomic E-state index is 13.2. The molecule has 1 aromatic heterocycles. The van der Waals surface area contributed by atoms with E-state index < -0.39 is 45.1 Å². The number of furan rings is 1. The van der Waals surface area contributed by atoms with Crippen molar-refractivity contribution in [1.29, 1.82) is 0 Å². The smallest absolute Gasteiger partial charge is 0.287 e. The van der Waals surface area contributed by atoms with Crippen molar-refractivity contribution in [2.24, 2.45) is 0 Å². The predicted octanol–water partition coefficient (Wildman–Crippen LogP) is 1.000. The zero-order valence-electron chi connectivity index (χ0n) is 17.3.